The molecule has 0 aliphatic carbocycles. The first-order valence-electron chi connectivity index (χ1n) is 10.2. The van der Waals surface area contributed by atoms with Gasteiger partial charge in [0.05, 0.1) is 17.6 Å². The molecule has 7 nitrogen and oxygen atoms in total. The second-order valence-corrected chi connectivity index (χ2v) is 7.56. The highest BCUT2D eigenvalue weighted by Gasteiger charge is 2.19. The molecule has 0 aliphatic heterocycles. The molecule has 0 bridgehead atoms. The summed E-state index contributed by atoms with van der Waals surface area (Å²) in [5.41, 5.74) is 2.50. The fourth-order valence-electron chi connectivity index (χ4n) is 3.79. The minimum atomic E-state index is -0.479. The van der Waals surface area contributed by atoms with Gasteiger partial charge in [0, 0.05) is 11.8 Å². The van der Waals surface area contributed by atoms with Crippen LogP contribution in [0.5, 0.6) is 0 Å². The zero-order chi connectivity index (χ0) is 22.2. The predicted molar refractivity (Wildman–Crippen MR) is 122 cm³/mol. The molecule has 2 aromatic carbocycles. The number of aromatic nitrogens is 4. The highest BCUT2D eigenvalue weighted by Crippen LogP contribution is 2.25. The largest absolute Gasteiger partial charge is 0.441 e. The first kappa shape index (κ1) is 19.7. The Balaban J connectivity index is 1.69. The van der Waals surface area contributed by atoms with E-state index in [0.29, 0.717) is 34.1 Å². The third kappa shape index (κ3) is 3.24. The predicted octanol–water partition coefficient (Wildman–Crippen LogP) is 3.87. The van der Waals surface area contributed by atoms with Crippen molar-refractivity contribution in [3.8, 4) is 17.1 Å². The van der Waals surface area contributed by atoms with Gasteiger partial charge < -0.3 is 4.42 Å². The fourth-order valence-corrected chi connectivity index (χ4v) is 3.79. The Morgan fingerprint density at radius 3 is 2.44 bits per heavy atom. The first-order chi connectivity index (χ1) is 15.5. The van der Waals surface area contributed by atoms with Gasteiger partial charge in [0.1, 0.15) is 11.5 Å². The number of aryl methyl sites for hydroxylation is 2. The van der Waals surface area contributed by atoms with Crippen LogP contribution in [0.3, 0.4) is 0 Å². The molecule has 0 unspecified atom stereocenters. The van der Waals surface area contributed by atoms with Gasteiger partial charge in [-0.15, -0.1) is 0 Å². The van der Waals surface area contributed by atoms with Crippen LogP contribution in [0.2, 0.25) is 0 Å². The lowest BCUT2D eigenvalue weighted by Crippen LogP contribution is -2.40. The lowest BCUT2D eigenvalue weighted by molar-refractivity contribution is 0.536. The molecule has 5 rings (SSSR count). The highest BCUT2D eigenvalue weighted by atomic mass is 16.4. The molecule has 0 atom stereocenters. The first-order valence-corrected chi connectivity index (χ1v) is 10.2. The Hall–Kier alpha value is -4.26. The molecule has 0 N–H and O–H groups in total. The van der Waals surface area contributed by atoms with Gasteiger partial charge in [-0.05, 0) is 49.7 Å². The van der Waals surface area contributed by atoms with Crippen LogP contribution in [0.25, 0.3) is 28.2 Å². The van der Waals surface area contributed by atoms with Crippen LogP contribution in [0.15, 0.2) is 86.9 Å². The summed E-state index contributed by atoms with van der Waals surface area (Å²) in [6, 6.07) is 20.3. The van der Waals surface area contributed by atoms with Gasteiger partial charge in [-0.3, -0.25) is 9.36 Å². The second kappa shape index (κ2) is 7.77. The van der Waals surface area contributed by atoms with Crippen molar-refractivity contribution in [2.24, 2.45) is 0 Å². The molecule has 5 aromatic rings. The van der Waals surface area contributed by atoms with Crippen LogP contribution in [-0.2, 0) is 6.54 Å². The quantitative estimate of drug-likeness (QED) is 0.437. The van der Waals surface area contributed by atoms with E-state index < -0.39 is 11.2 Å². The van der Waals surface area contributed by atoms with Crippen molar-refractivity contribution in [1.82, 2.24) is 19.1 Å². The summed E-state index contributed by atoms with van der Waals surface area (Å²) < 4.78 is 8.52. The molecule has 0 spiro atoms. The number of oxazole rings is 1. The van der Waals surface area contributed by atoms with E-state index in [4.69, 9.17) is 4.42 Å². The van der Waals surface area contributed by atoms with E-state index in [1.807, 2.05) is 61.5 Å². The topological polar surface area (TPSA) is 82.9 Å². The van der Waals surface area contributed by atoms with E-state index in [-0.39, 0.29) is 6.54 Å². The van der Waals surface area contributed by atoms with Gasteiger partial charge in [-0.25, -0.2) is 19.3 Å². The van der Waals surface area contributed by atoms with Crippen molar-refractivity contribution in [2.45, 2.75) is 20.4 Å². The fraction of sp³-hybridized carbons (Fsp3) is 0.120. The van der Waals surface area contributed by atoms with Crippen molar-refractivity contribution in [1.29, 1.82) is 0 Å². The maximum Gasteiger partial charge on any atom is 0.337 e. The molecule has 3 heterocycles. The summed E-state index contributed by atoms with van der Waals surface area (Å²) in [4.78, 5) is 35.6. The molecule has 0 aliphatic rings. The number of para-hydroxylation sites is 1. The van der Waals surface area contributed by atoms with Crippen molar-refractivity contribution < 1.29 is 4.42 Å². The smallest absolute Gasteiger partial charge is 0.337 e. The Morgan fingerprint density at radius 1 is 0.906 bits per heavy atom. The van der Waals surface area contributed by atoms with Crippen LogP contribution in [0.1, 0.15) is 17.0 Å². The third-order valence-corrected chi connectivity index (χ3v) is 5.49. The van der Waals surface area contributed by atoms with E-state index in [9.17, 15) is 9.59 Å². The van der Waals surface area contributed by atoms with Crippen molar-refractivity contribution >= 4 is 11.0 Å². The number of pyridine rings is 1. The number of hydrogen-bond acceptors (Lipinski definition) is 5. The maximum atomic E-state index is 13.5. The summed E-state index contributed by atoms with van der Waals surface area (Å²) >= 11 is 0. The average molecular weight is 424 g/mol. The van der Waals surface area contributed by atoms with E-state index in [2.05, 4.69) is 9.97 Å². The number of nitrogens with zero attached hydrogens (tertiary/aromatic N) is 4. The summed E-state index contributed by atoms with van der Waals surface area (Å²) in [7, 11) is 0. The van der Waals surface area contributed by atoms with Gasteiger partial charge in [0.25, 0.3) is 5.56 Å². The Labute approximate surface area is 183 Å². The third-order valence-electron chi connectivity index (χ3n) is 5.49. The minimum absolute atomic E-state index is 0.00342. The summed E-state index contributed by atoms with van der Waals surface area (Å²) in [5.74, 6) is 1.03. The van der Waals surface area contributed by atoms with Crippen molar-refractivity contribution in [3.05, 3.63) is 111 Å². The lowest BCUT2D eigenvalue weighted by atomic mass is 10.1. The highest BCUT2D eigenvalue weighted by molar-refractivity contribution is 5.75. The molecular weight excluding hydrogens is 404 g/mol. The summed E-state index contributed by atoms with van der Waals surface area (Å²) in [6.45, 7) is 3.76. The monoisotopic (exact) mass is 424 g/mol. The van der Waals surface area contributed by atoms with Crippen LogP contribution >= 0.6 is 0 Å². The summed E-state index contributed by atoms with van der Waals surface area (Å²) in [5, 5.41) is 0.358. The molecule has 0 saturated carbocycles. The van der Waals surface area contributed by atoms with E-state index >= 15 is 0 Å². The lowest BCUT2D eigenvalue weighted by Gasteiger charge is -2.12. The standard InChI is InChI=1S/C25H20N4O3/c1-16-9-6-7-12-19(16)23-27-21(17(2)32-23)15-28-24(30)20-13-8-14-26-22(20)29(25(28)31)18-10-4-3-5-11-18/h3-14H,15H2,1-2H3. The molecule has 7 heteroatoms. The van der Waals surface area contributed by atoms with E-state index in [1.54, 1.807) is 25.3 Å². The van der Waals surface area contributed by atoms with Gasteiger partial charge >= 0.3 is 5.69 Å². The van der Waals surface area contributed by atoms with Gasteiger partial charge in [0.2, 0.25) is 5.89 Å². The Kier molecular flexibility index (Phi) is 4.78. The molecule has 32 heavy (non-hydrogen) atoms. The zero-order valence-electron chi connectivity index (χ0n) is 17.6. The molecule has 158 valence electrons. The normalized spacial score (nSPS) is 11.2. The number of rotatable bonds is 4. The molecule has 0 amide bonds. The van der Waals surface area contributed by atoms with Gasteiger partial charge in [-0.2, -0.15) is 0 Å². The average Bonchev–Trinajstić information content (AvgIpc) is 3.17. The van der Waals surface area contributed by atoms with Gasteiger partial charge in [-0.1, -0.05) is 36.4 Å². The summed E-state index contributed by atoms with van der Waals surface area (Å²) in [6.07, 6.45) is 1.57. The van der Waals surface area contributed by atoms with Crippen LogP contribution in [0, 0.1) is 13.8 Å². The number of benzene rings is 2. The molecule has 0 saturated heterocycles. The second-order valence-electron chi connectivity index (χ2n) is 7.56. The van der Waals surface area contributed by atoms with E-state index in [0.717, 1.165) is 11.1 Å². The van der Waals surface area contributed by atoms with Gasteiger partial charge in [0.15, 0.2) is 5.65 Å². The number of hydrogen-bond donors (Lipinski definition) is 0. The molecule has 0 radical (unpaired) electrons. The van der Waals surface area contributed by atoms with Crippen LogP contribution in [-0.4, -0.2) is 19.1 Å². The molecule has 0 fully saturated rings. The van der Waals surface area contributed by atoms with Crippen molar-refractivity contribution in [3.63, 3.8) is 0 Å². The minimum Gasteiger partial charge on any atom is -0.441 e. The van der Waals surface area contributed by atoms with Crippen LogP contribution in [0.4, 0.5) is 0 Å². The Bertz CT molecular complexity index is 1560. The number of fused-ring (bicyclic) bond motifs is 1. The van der Waals surface area contributed by atoms with E-state index in [1.165, 1.54) is 9.13 Å². The Morgan fingerprint density at radius 2 is 1.66 bits per heavy atom. The SMILES string of the molecule is Cc1ccccc1-c1nc(Cn2c(=O)c3cccnc3n(-c3ccccc3)c2=O)c(C)o1. The van der Waals surface area contributed by atoms with Crippen LogP contribution < -0.4 is 11.2 Å². The molecular formula is C25H20N4O3. The maximum absolute atomic E-state index is 13.5. The van der Waals surface area contributed by atoms with Crippen molar-refractivity contribution in [2.75, 3.05) is 0 Å². The zero-order valence-corrected chi connectivity index (χ0v) is 17.6. The molecule has 3 aromatic heterocycles.